The first-order valence-electron chi connectivity index (χ1n) is 5.43. The Kier molecular flexibility index (Phi) is 3.20. The first-order valence-corrected chi connectivity index (χ1v) is 5.43. The van der Waals surface area contributed by atoms with Gasteiger partial charge in [0.05, 0.1) is 0 Å². The maximum Gasteiger partial charge on any atom is 0.328 e. The molecule has 0 radical (unpaired) electrons. The van der Waals surface area contributed by atoms with Crippen LogP contribution in [0.2, 0.25) is 0 Å². The SMILES string of the molecule is Cc1cc2c(cc1C(=O)C(N)C(=O)O)OCCO2. The molecule has 0 bridgehead atoms. The molecule has 0 saturated carbocycles. The molecule has 1 heterocycles. The van der Waals surface area contributed by atoms with Crippen molar-refractivity contribution in [1.29, 1.82) is 0 Å². The second-order valence-corrected chi connectivity index (χ2v) is 3.99. The molecule has 3 N–H and O–H groups in total. The number of carbonyl (C=O) groups excluding carboxylic acids is 1. The summed E-state index contributed by atoms with van der Waals surface area (Å²) in [6, 6.07) is 1.57. The first-order chi connectivity index (χ1) is 8.50. The zero-order valence-corrected chi connectivity index (χ0v) is 9.80. The molecule has 0 aromatic heterocycles. The number of nitrogens with two attached hydrogens (primary N) is 1. The van der Waals surface area contributed by atoms with Crippen LogP contribution in [0.4, 0.5) is 0 Å². The lowest BCUT2D eigenvalue weighted by atomic mass is 9.99. The molecule has 0 fully saturated rings. The molecular formula is C12H13NO5. The van der Waals surface area contributed by atoms with Crippen LogP contribution < -0.4 is 15.2 Å². The summed E-state index contributed by atoms with van der Waals surface area (Å²) in [7, 11) is 0. The van der Waals surface area contributed by atoms with Gasteiger partial charge in [-0.25, -0.2) is 0 Å². The summed E-state index contributed by atoms with van der Waals surface area (Å²) in [5, 5.41) is 8.74. The fourth-order valence-electron chi connectivity index (χ4n) is 1.74. The number of ether oxygens (including phenoxy) is 2. The van der Waals surface area contributed by atoms with Crippen molar-refractivity contribution in [1.82, 2.24) is 0 Å². The van der Waals surface area contributed by atoms with Gasteiger partial charge in [-0.3, -0.25) is 9.59 Å². The van der Waals surface area contributed by atoms with Gasteiger partial charge in [-0.2, -0.15) is 0 Å². The number of carbonyl (C=O) groups is 2. The molecule has 18 heavy (non-hydrogen) atoms. The van der Waals surface area contributed by atoms with Gasteiger partial charge in [0.15, 0.2) is 23.3 Å². The molecule has 1 atom stereocenters. The van der Waals surface area contributed by atoms with Crippen molar-refractivity contribution in [2.45, 2.75) is 13.0 Å². The molecule has 0 aliphatic carbocycles. The highest BCUT2D eigenvalue weighted by atomic mass is 16.6. The second-order valence-electron chi connectivity index (χ2n) is 3.99. The van der Waals surface area contributed by atoms with E-state index < -0.39 is 17.8 Å². The number of aryl methyl sites for hydroxylation is 1. The van der Waals surface area contributed by atoms with Gasteiger partial charge < -0.3 is 20.3 Å². The Bertz CT molecular complexity index is 511. The number of hydrogen-bond donors (Lipinski definition) is 2. The van der Waals surface area contributed by atoms with Crippen molar-refractivity contribution in [3.05, 3.63) is 23.3 Å². The van der Waals surface area contributed by atoms with Gasteiger partial charge in [-0.15, -0.1) is 0 Å². The highest BCUT2D eigenvalue weighted by Gasteiger charge is 2.26. The minimum atomic E-state index is -1.56. The van der Waals surface area contributed by atoms with E-state index in [1.807, 2.05) is 0 Å². The van der Waals surface area contributed by atoms with Crippen LogP contribution >= 0.6 is 0 Å². The maximum absolute atomic E-state index is 11.9. The Labute approximate surface area is 103 Å². The number of ketones is 1. The highest BCUT2D eigenvalue weighted by molar-refractivity contribution is 6.12. The number of benzene rings is 1. The molecule has 1 aromatic rings. The number of carboxylic acid groups (broad SMARTS) is 1. The minimum Gasteiger partial charge on any atom is -0.486 e. The quantitative estimate of drug-likeness (QED) is 0.594. The first kappa shape index (κ1) is 12.4. The van der Waals surface area contributed by atoms with Crippen LogP contribution in [0.5, 0.6) is 11.5 Å². The topological polar surface area (TPSA) is 98.9 Å². The average molecular weight is 251 g/mol. The predicted octanol–water partition coefficient (Wildman–Crippen LogP) is 0.361. The van der Waals surface area contributed by atoms with Crippen LogP contribution in [-0.4, -0.2) is 36.1 Å². The molecule has 0 saturated heterocycles. The molecule has 96 valence electrons. The zero-order valence-electron chi connectivity index (χ0n) is 9.80. The Hall–Kier alpha value is -2.08. The fraction of sp³-hybridized carbons (Fsp3) is 0.333. The number of rotatable bonds is 3. The third kappa shape index (κ3) is 2.14. The second kappa shape index (κ2) is 4.66. The van der Waals surface area contributed by atoms with E-state index in [-0.39, 0.29) is 5.56 Å². The molecule has 2 rings (SSSR count). The van der Waals surface area contributed by atoms with Crippen molar-refractivity contribution in [2.75, 3.05) is 13.2 Å². The van der Waals surface area contributed by atoms with Crippen molar-refractivity contribution in [3.63, 3.8) is 0 Å². The molecule has 1 aliphatic heterocycles. The van der Waals surface area contributed by atoms with E-state index in [9.17, 15) is 9.59 Å². The largest absolute Gasteiger partial charge is 0.486 e. The summed E-state index contributed by atoms with van der Waals surface area (Å²) in [5.74, 6) is -1.00. The number of Topliss-reactive ketones (excluding diaryl/α,β-unsaturated/α-hetero) is 1. The predicted molar refractivity (Wildman–Crippen MR) is 62.1 cm³/mol. The smallest absolute Gasteiger partial charge is 0.328 e. The molecular weight excluding hydrogens is 238 g/mol. The highest BCUT2D eigenvalue weighted by Crippen LogP contribution is 2.33. The van der Waals surface area contributed by atoms with E-state index in [1.165, 1.54) is 6.07 Å². The van der Waals surface area contributed by atoms with E-state index >= 15 is 0 Å². The zero-order chi connectivity index (χ0) is 13.3. The van der Waals surface area contributed by atoms with Crippen LogP contribution in [0.25, 0.3) is 0 Å². The normalized spacial score (nSPS) is 15.0. The molecule has 6 nitrogen and oxygen atoms in total. The van der Waals surface area contributed by atoms with Crippen LogP contribution in [0.15, 0.2) is 12.1 Å². The van der Waals surface area contributed by atoms with Crippen molar-refractivity contribution >= 4 is 11.8 Å². The Morgan fingerprint density at radius 3 is 2.39 bits per heavy atom. The summed E-state index contributed by atoms with van der Waals surface area (Å²) in [6.45, 7) is 2.54. The number of fused-ring (bicyclic) bond motifs is 1. The van der Waals surface area contributed by atoms with Crippen LogP contribution in [0, 0.1) is 6.92 Å². The van der Waals surface area contributed by atoms with E-state index in [0.717, 1.165) is 0 Å². The van der Waals surface area contributed by atoms with Gasteiger partial charge in [-0.1, -0.05) is 0 Å². The van der Waals surface area contributed by atoms with E-state index in [0.29, 0.717) is 30.3 Å². The van der Waals surface area contributed by atoms with Gasteiger partial charge in [-0.05, 0) is 24.6 Å². The van der Waals surface area contributed by atoms with E-state index in [2.05, 4.69) is 0 Å². The van der Waals surface area contributed by atoms with Crippen LogP contribution in [0.1, 0.15) is 15.9 Å². The summed E-state index contributed by atoms with van der Waals surface area (Å²) in [5.41, 5.74) is 6.17. The summed E-state index contributed by atoms with van der Waals surface area (Å²) in [6.07, 6.45) is 0. The van der Waals surface area contributed by atoms with Gasteiger partial charge in [0.2, 0.25) is 0 Å². The van der Waals surface area contributed by atoms with Crippen LogP contribution in [0.3, 0.4) is 0 Å². The third-order valence-electron chi connectivity index (χ3n) is 2.70. The number of aliphatic carboxylic acids is 1. The number of hydrogen-bond acceptors (Lipinski definition) is 5. The van der Waals surface area contributed by atoms with E-state index in [4.69, 9.17) is 20.3 Å². The fourth-order valence-corrected chi connectivity index (χ4v) is 1.74. The summed E-state index contributed by atoms with van der Waals surface area (Å²) < 4.78 is 10.7. The Morgan fingerprint density at radius 1 is 1.28 bits per heavy atom. The Morgan fingerprint density at radius 2 is 1.83 bits per heavy atom. The molecule has 6 heteroatoms. The Balaban J connectivity index is 2.39. The van der Waals surface area contributed by atoms with Gasteiger partial charge in [0.1, 0.15) is 13.2 Å². The molecule has 1 unspecified atom stereocenters. The lowest BCUT2D eigenvalue weighted by Crippen LogP contribution is -2.38. The van der Waals surface area contributed by atoms with Gasteiger partial charge in [0.25, 0.3) is 0 Å². The molecule has 0 spiro atoms. The third-order valence-corrected chi connectivity index (χ3v) is 2.70. The van der Waals surface area contributed by atoms with Gasteiger partial charge >= 0.3 is 5.97 Å². The maximum atomic E-state index is 11.9. The molecule has 1 aliphatic rings. The summed E-state index contributed by atoms with van der Waals surface area (Å²) >= 11 is 0. The lowest BCUT2D eigenvalue weighted by Gasteiger charge is -2.20. The summed E-state index contributed by atoms with van der Waals surface area (Å²) in [4.78, 5) is 22.6. The van der Waals surface area contributed by atoms with Gasteiger partial charge in [0, 0.05) is 5.56 Å². The lowest BCUT2D eigenvalue weighted by molar-refractivity contribution is -0.137. The molecule has 0 amide bonds. The van der Waals surface area contributed by atoms with Crippen molar-refractivity contribution in [2.24, 2.45) is 5.73 Å². The monoisotopic (exact) mass is 251 g/mol. The van der Waals surface area contributed by atoms with Crippen molar-refractivity contribution < 1.29 is 24.2 Å². The van der Waals surface area contributed by atoms with Crippen molar-refractivity contribution in [3.8, 4) is 11.5 Å². The average Bonchev–Trinajstić information content (AvgIpc) is 2.36. The number of carboxylic acids is 1. The van der Waals surface area contributed by atoms with E-state index in [1.54, 1.807) is 13.0 Å². The standard InChI is InChI=1S/C12H13NO5/c1-6-4-8-9(18-3-2-17-8)5-7(6)11(14)10(13)12(15)16/h4-5,10H,2-3,13H2,1H3,(H,15,16). The minimum absolute atomic E-state index is 0.245. The molecule has 1 aromatic carbocycles. The van der Waals surface area contributed by atoms with Crippen LogP contribution in [-0.2, 0) is 4.79 Å².